The molecule has 2 aliphatic heterocycles. The van der Waals surface area contributed by atoms with Crippen LogP contribution in [0.1, 0.15) is 34.6 Å². The number of rotatable bonds is 9. The molecule has 13 heteroatoms. The standard InChI is InChI=1S/C33H26BrN3O8S/c1-4-13-36-23-12-9-20(34)17-22(23)26(29(36)38)28-30(39)37-27(25(18(2)35-33(37)46-28)32(41)44-16-15-42-3)19-7-10-21(11-8-19)45-31(40)24-6-5-14-43-24/h4-12,14,17,27H,1,13,15-16H2,2-3H3. The molecule has 1 atom stereocenters. The molecule has 4 aromatic rings. The van der Waals surface area contributed by atoms with Gasteiger partial charge in [0, 0.05) is 23.7 Å². The Balaban J connectivity index is 1.50. The normalized spacial score (nSPS) is 16.5. The molecule has 2 aliphatic rings. The van der Waals surface area contributed by atoms with Gasteiger partial charge in [0.15, 0.2) is 4.80 Å². The first-order valence-electron chi connectivity index (χ1n) is 14.0. The third kappa shape index (κ3) is 5.57. The van der Waals surface area contributed by atoms with Crippen LogP contribution in [-0.4, -0.2) is 49.3 Å². The zero-order chi connectivity index (χ0) is 32.5. The molecule has 2 aromatic heterocycles. The van der Waals surface area contributed by atoms with E-state index >= 15 is 0 Å². The highest BCUT2D eigenvalue weighted by Gasteiger charge is 2.37. The van der Waals surface area contributed by atoms with Crippen LogP contribution in [0, 0.1) is 0 Å². The minimum atomic E-state index is -0.960. The summed E-state index contributed by atoms with van der Waals surface area (Å²) < 4.78 is 23.4. The van der Waals surface area contributed by atoms with Crippen LogP contribution in [0.3, 0.4) is 0 Å². The number of halogens is 1. The Morgan fingerprint density at radius 3 is 2.59 bits per heavy atom. The largest absolute Gasteiger partial charge is 0.460 e. The molecule has 11 nitrogen and oxygen atoms in total. The fraction of sp³-hybridized carbons (Fsp3) is 0.182. The van der Waals surface area contributed by atoms with E-state index in [9.17, 15) is 19.2 Å². The lowest BCUT2D eigenvalue weighted by atomic mass is 9.96. The lowest BCUT2D eigenvalue weighted by Gasteiger charge is -2.25. The number of furan rings is 1. The van der Waals surface area contributed by atoms with Crippen LogP contribution in [0.25, 0.3) is 5.57 Å². The number of methoxy groups -OCH3 is 1. The number of thiazole rings is 1. The number of benzene rings is 2. The lowest BCUT2D eigenvalue weighted by Crippen LogP contribution is -2.41. The Labute approximate surface area is 274 Å². The molecule has 0 spiro atoms. The first kappa shape index (κ1) is 31.1. The maximum Gasteiger partial charge on any atom is 0.379 e. The smallest absolute Gasteiger partial charge is 0.379 e. The van der Waals surface area contributed by atoms with Gasteiger partial charge in [0.2, 0.25) is 5.76 Å². The number of nitrogens with zero attached hydrogens (tertiary/aromatic N) is 3. The van der Waals surface area contributed by atoms with Crippen molar-refractivity contribution in [1.82, 2.24) is 4.57 Å². The number of allylic oxidation sites excluding steroid dienone is 1. The minimum Gasteiger partial charge on any atom is -0.460 e. The van der Waals surface area contributed by atoms with Crippen molar-refractivity contribution in [2.24, 2.45) is 4.99 Å². The van der Waals surface area contributed by atoms with Gasteiger partial charge in [0.05, 0.1) is 41.4 Å². The van der Waals surface area contributed by atoms with Crippen molar-refractivity contribution in [3.8, 4) is 5.75 Å². The fourth-order valence-electron chi connectivity index (χ4n) is 5.35. The second kappa shape index (κ2) is 12.9. The van der Waals surface area contributed by atoms with Gasteiger partial charge in [-0.25, -0.2) is 14.6 Å². The highest BCUT2D eigenvalue weighted by molar-refractivity contribution is 9.10. The number of carbonyl (C=O) groups excluding carboxylic acids is 3. The van der Waals surface area contributed by atoms with Gasteiger partial charge in [-0.05, 0) is 55.0 Å². The molecule has 0 saturated heterocycles. The molecule has 0 saturated carbocycles. The monoisotopic (exact) mass is 703 g/mol. The second-order valence-corrected chi connectivity index (χ2v) is 12.1. The first-order valence-corrected chi connectivity index (χ1v) is 15.6. The van der Waals surface area contributed by atoms with E-state index in [1.54, 1.807) is 54.3 Å². The van der Waals surface area contributed by atoms with E-state index in [2.05, 4.69) is 27.5 Å². The average molecular weight is 705 g/mol. The summed E-state index contributed by atoms with van der Waals surface area (Å²) >= 11 is 4.56. The third-order valence-corrected chi connectivity index (χ3v) is 8.93. The van der Waals surface area contributed by atoms with Gasteiger partial charge >= 0.3 is 11.9 Å². The quantitative estimate of drug-likeness (QED) is 0.111. The van der Waals surface area contributed by atoms with Gasteiger partial charge in [0.25, 0.3) is 11.5 Å². The van der Waals surface area contributed by atoms with E-state index in [0.29, 0.717) is 27.3 Å². The van der Waals surface area contributed by atoms with Crippen molar-refractivity contribution in [1.29, 1.82) is 0 Å². The molecule has 1 unspecified atom stereocenters. The molecule has 1 amide bonds. The Bertz CT molecular complexity index is 2090. The number of carbonyl (C=O) groups is 3. The highest BCUT2D eigenvalue weighted by Crippen LogP contribution is 2.37. The number of aromatic nitrogens is 1. The Kier molecular flexibility index (Phi) is 8.71. The molecular formula is C33H26BrN3O8S. The summed E-state index contributed by atoms with van der Waals surface area (Å²) in [6.07, 6.45) is 2.99. The third-order valence-electron chi connectivity index (χ3n) is 7.38. The van der Waals surface area contributed by atoms with E-state index in [4.69, 9.17) is 18.6 Å². The van der Waals surface area contributed by atoms with Crippen LogP contribution in [0.4, 0.5) is 5.69 Å². The zero-order valence-corrected chi connectivity index (χ0v) is 27.1. The van der Waals surface area contributed by atoms with Gasteiger partial charge in [-0.2, -0.15) is 0 Å². The number of fused-ring (bicyclic) bond motifs is 2. The van der Waals surface area contributed by atoms with Crippen molar-refractivity contribution in [2.75, 3.05) is 31.8 Å². The van der Waals surface area contributed by atoms with Crippen LogP contribution in [0.2, 0.25) is 0 Å². The van der Waals surface area contributed by atoms with Gasteiger partial charge in [-0.1, -0.05) is 45.5 Å². The summed E-state index contributed by atoms with van der Waals surface area (Å²) in [6, 6.07) is 13.9. The predicted octanol–water partition coefficient (Wildman–Crippen LogP) is 3.90. The number of hydrogen-bond acceptors (Lipinski definition) is 10. The summed E-state index contributed by atoms with van der Waals surface area (Å²) in [6.45, 7) is 5.87. The van der Waals surface area contributed by atoms with Crippen molar-refractivity contribution in [3.05, 3.63) is 126 Å². The van der Waals surface area contributed by atoms with Gasteiger partial charge in [-0.3, -0.25) is 14.2 Å². The van der Waals surface area contributed by atoms with E-state index in [-0.39, 0.29) is 52.9 Å². The van der Waals surface area contributed by atoms with Gasteiger partial charge in [-0.15, -0.1) is 6.58 Å². The first-order chi connectivity index (χ1) is 22.2. The summed E-state index contributed by atoms with van der Waals surface area (Å²) in [5, 5.41) is 0. The van der Waals surface area contributed by atoms with E-state index in [1.807, 2.05) is 12.1 Å². The number of amides is 1. The summed E-state index contributed by atoms with van der Waals surface area (Å²) in [5.41, 5.74) is 2.03. The Morgan fingerprint density at radius 2 is 1.89 bits per heavy atom. The topological polar surface area (TPSA) is 130 Å². The van der Waals surface area contributed by atoms with Gasteiger partial charge < -0.3 is 23.5 Å². The molecule has 0 bridgehead atoms. The molecule has 6 rings (SSSR count). The summed E-state index contributed by atoms with van der Waals surface area (Å²) in [4.78, 5) is 60.6. The van der Waals surface area contributed by atoms with Crippen molar-refractivity contribution in [2.45, 2.75) is 13.0 Å². The zero-order valence-electron chi connectivity index (χ0n) is 24.7. The minimum absolute atomic E-state index is 0.00558. The number of hydrogen-bond donors (Lipinski definition) is 0. The number of esters is 2. The molecular weight excluding hydrogens is 678 g/mol. The molecule has 234 valence electrons. The van der Waals surface area contributed by atoms with E-state index in [0.717, 1.165) is 15.8 Å². The molecule has 0 aliphatic carbocycles. The number of anilines is 1. The SMILES string of the molecule is C=CCN1C(=O)C(=c2sc3n(c2=O)C(c2ccc(OC(=O)c4ccco4)cc2)C(C(=O)OCCOC)=C(C)N=3)c2cc(Br)ccc21. The van der Waals surface area contributed by atoms with Crippen molar-refractivity contribution >= 4 is 56.4 Å². The van der Waals surface area contributed by atoms with Crippen LogP contribution in [-0.2, 0) is 19.1 Å². The second-order valence-electron chi connectivity index (χ2n) is 10.2. The number of ether oxygens (including phenoxy) is 3. The molecule has 2 aromatic carbocycles. The van der Waals surface area contributed by atoms with Crippen LogP contribution >= 0.6 is 27.3 Å². The van der Waals surface area contributed by atoms with E-state index in [1.165, 1.54) is 24.0 Å². The predicted molar refractivity (Wildman–Crippen MR) is 172 cm³/mol. The maximum absolute atomic E-state index is 14.4. The van der Waals surface area contributed by atoms with Crippen molar-refractivity contribution < 1.29 is 33.0 Å². The van der Waals surface area contributed by atoms with E-state index < -0.39 is 23.5 Å². The maximum atomic E-state index is 14.4. The van der Waals surface area contributed by atoms with Crippen LogP contribution in [0.5, 0.6) is 5.75 Å². The summed E-state index contributed by atoms with van der Waals surface area (Å²) in [7, 11) is 1.49. The molecule has 4 heterocycles. The van der Waals surface area contributed by atoms with Gasteiger partial charge in [0.1, 0.15) is 16.9 Å². The van der Waals surface area contributed by atoms with Crippen LogP contribution < -0.4 is 24.5 Å². The lowest BCUT2D eigenvalue weighted by molar-refractivity contribution is -0.140. The molecule has 0 radical (unpaired) electrons. The highest BCUT2D eigenvalue weighted by atomic mass is 79.9. The molecule has 0 fully saturated rings. The van der Waals surface area contributed by atoms with Crippen LogP contribution in [0.15, 0.2) is 103 Å². The molecule has 46 heavy (non-hydrogen) atoms. The average Bonchev–Trinajstić information content (AvgIpc) is 3.75. The van der Waals surface area contributed by atoms with Crippen molar-refractivity contribution in [3.63, 3.8) is 0 Å². The fourth-order valence-corrected chi connectivity index (χ4v) is 6.85. The Hall–Kier alpha value is -4.85. The molecule has 0 N–H and O–H groups in total. The Morgan fingerprint density at radius 1 is 1.11 bits per heavy atom. The summed E-state index contributed by atoms with van der Waals surface area (Å²) in [5.74, 6) is -1.42.